The first-order valence-electron chi connectivity index (χ1n) is 8.58. The second-order valence-corrected chi connectivity index (χ2v) is 6.42. The number of esters is 1. The van der Waals surface area contributed by atoms with Crippen LogP contribution in [0, 0.1) is 0 Å². The predicted octanol–water partition coefficient (Wildman–Crippen LogP) is 1.77. The van der Waals surface area contributed by atoms with Crippen LogP contribution >= 0.6 is 0 Å². The van der Waals surface area contributed by atoms with Gasteiger partial charge in [0.1, 0.15) is 6.61 Å². The van der Waals surface area contributed by atoms with Gasteiger partial charge in [-0.1, -0.05) is 6.07 Å². The number of ether oxygens (including phenoxy) is 4. The molecule has 3 aliphatic rings. The molecule has 4 rings (SSSR count). The van der Waals surface area contributed by atoms with E-state index < -0.39 is 12.0 Å². The molecule has 0 aliphatic carbocycles. The smallest absolute Gasteiger partial charge is 0.338 e. The fourth-order valence-corrected chi connectivity index (χ4v) is 3.33. The predicted molar refractivity (Wildman–Crippen MR) is 89.6 cm³/mol. The lowest BCUT2D eigenvalue weighted by atomic mass is 9.95. The Hall–Kier alpha value is -2.74. The lowest BCUT2D eigenvalue weighted by Crippen LogP contribution is -2.45. The second-order valence-electron chi connectivity index (χ2n) is 6.42. The molecule has 3 heterocycles. The van der Waals surface area contributed by atoms with Crippen LogP contribution in [-0.4, -0.2) is 38.1 Å². The Morgan fingerprint density at radius 2 is 2.15 bits per heavy atom. The molecular weight excluding hydrogens is 340 g/mol. The van der Waals surface area contributed by atoms with Gasteiger partial charge in [-0.3, -0.25) is 0 Å². The topological polar surface area (TPSA) is 95.1 Å². The van der Waals surface area contributed by atoms with Crippen molar-refractivity contribution in [2.24, 2.45) is 0 Å². The number of hydrogen-bond acceptors (Lipinski definition) is 6. The van der Waals surface area contributed by atoms with Crippen LogP contribution in [0.3, 0.4) is 0 Å². The first-order chi connectivity index (χ1) is 12.6. The number of urea groups is 1. The van der Waals surface area contributed by atoms with E-state index in [1.54, 1.807) is 25.1 Å². The van der Waals surface area contributed by atoms with Gasteiger partial charge in [-0.15, -0.1) is 0 Å². The third kappa shape index (κ3) is 3.20. The van der Waals surface area contributed by atoms with E-state index in [1.807, 2.05) is 0 Å². The molecule has 0 aromatic heterocycles. The van der Waals surface area contributed by atoms with Gasteiger partial charge in [0.25, 0.3) is 0 Å². The summed E-state index contributed by atoms with van der Waals surface area (Å²) in [6.07, 6.45) is 1.79. The molecule has 1 fully saturated rings. The molecule has 0 saturated carbocycles. The third-order valence-electron chi connectivity index (χ3n) is 4.64. The van der Waals surface area contributed by atoms with Crippen molar-refractivity contribution in [3.05, 3.63) is 35.0 Å². The minimum atomic E-state index is -0.629. The van der Waals surface area contributed by atoms with Crippen molar-refractivity contribution in [1.82, 2.24) is 10.6 Å². The van der Waals surface area contributed by atoms with E-state index in [1.165, 1.54) is 0 Å². The maximum absolute atomic E-state index is 12.7. The molecule has 8 nitrogen and oxygen atoms in total. The normalized spacial score (nSPS) is 24.3. The number of fused-ring (bicyclic) bond motifs is 1. The molecule has 2 N–H and O–H groups in total. The number of amides is 2. The Kier molecular flexibility index (Phi) is 4.42. The zero-order chi connectivity index (χ0) is 18.1. The average molecular weight is 360 g/mol. The van der Waals surface area contributed by atoms with Crippen molar-refractivity contribution in [2.75, 3.05) is 20.0 Å². The molecule has 138 valence electrons. The van der Waals surface area contributed by atoms with Crippen LogP contribution < -0.4 is 20.1 Å². The molecule has 1 aromatic carbocycles. The van der Waals surface area contributed by atoms with E-state index in [0.717, 1.165) is 12.8 Å². The molecule has 1 saturated heterocycles. The van der Waals surface area contributed by atoms with Crippen molar-refractivity contribution in [2.45, 2.75) is 31.9 Å². The van der Waals surface area contributed by atoms with Crippen LogP contribution in [0.5, 0.6) is 11.5 Å². The SMILES string of the molecule is CC1=C(C(=O)OC[C@H]2CCCO2)[C@H](c2ccc3c(c2)OCO3)NC(=O)N1. The number of allylic oxidation sites excluding steroid dienone is 1. The highest BCUT2D eigenvalue weighted by Gasteiger charge is 2.33. The minimum absolute atomic E-state index is 0.0602. The quantitative estimate of drug-likeness (QED) is 0.795. The zero-order valence-corrected chi connectivity index (χ0v) is 14.4. The van der Waals surface area contributed by atoms with Gasteiger partial charge in [0.15, 0.2) is 11.5 Å². The molecular formula is C18H20N2O6. The molecule has 0 spiro atoms. The van der Waals surface area contributed by atoms with Crippen molar-refractivity contribution in [3.8, 4) is 11.5 Å². The summed E-state index contributed by atoms with van der Waals surface area (Å²) >= 11 is 0. The van der Waals surface area contributed by atoms with Gasteiger partial charge in [0.2, 0.25) is 6.79 Å². The van der Waals surface area contributed by atoms with Gasteiger partial charge in [-0.2, -0.15) is 0 Å². The standard InChI is InChI=1S/C18H20N2O6/c1-10-15(17(21)24-8-12-3-2-6-23-12)16(20-18(22)19-10)11-4-5-13-14(7-11)26-9-25-13/h4-5,7,12,16H,2-3,6,8-9H2,1H3,(H2,19,20,22)/t12-,16+/m1/s1. The maximum Gasteiger partial charge on any atom is 0.338 e. The Morgan fingerprint density at radius 3 is 2.96 bits per heavy atom. The lowest BCUT2D eigenvalue weighted by molar-refractivity contribution is -0.142. The van der Waals surface area contributed by atoms with E-state index in [4.69, 9.17) is 18.9 Å². The number of benzene rings is 1. The van der Waals surface area contributed by atoms with Crippen molar-refractivity contribution in [1.29, 1.82) is 0 Å². The van der Waals surface area contributed by atoms with Crippen molar-refractivity contribution >= 4 is 12.0 Å². The van der Waals surface area contributed by atoms with E-state index in [9.17, 15) is 9.59 Å². The molecule has 2 amide bonds. The highest BCUT2D eigenvalue weighted by Crippen LogP contribution is 2.37. The molecule has 0 bridgehead atoms. The number of carbonyl (C=O) groups excluding carboxylic acids is 2. The summed E-state index contributed by atoms with van der Waals surface area (Å²) < 4.78 is 21.6. The summed E-state index contributed by atoms with van der Waals surface area (Å²) in [4.78, 5) is 24.6. The minimum Gasteiger partial charge on any atom is -0.459 e. The first-order valence-corrected chi connectivity index (χ1v) is 8.58. The monoisotopic (exact) mass is 360 g/mol. The highest BCUT2D eigenvalue weighted by molar-refractivity contribution is 5.95. The van der Waals surface area contributed by atoms with Crippen LogP contribution in [-0.2, 0) is 14.3 Å². The van der Waals surface area contributed by atoms with E-state index in [2.05, 4.69) is 10.6 Å². The van der Waals surface area contributed by atoms with Gasteiger partial charge in [0.05, 0.1) is 17.7 Å². The fraction of sp³-hybridized carbons (Fsp3) is 0.444. The van der Waals surface area contributed by atoms with E-state index in [0.29, 0.717) is 34.9 Å². The summed E-state index contributed by atoms with van der Waals surface area (Å²) in [6.45, 7) is 2.74. The van der Waals surface area contributed by atoms with Gasteiger partial charge in [0, 0.05) is 12.3 Å². The van der Waals surface area contributed by atoms with E-state index >= 15 is 0 Å². The molecule has 1 aromatic rings. The number of hydrogen-bond donors (Lipinski definition) is 2. The molecule has 2 atom stereocenters. The van der Waals surface area contributed by atoms with Gasteiger partial charge >= 0.3 is 12.0 Å². The van der Waals surface area contributed by atoms with Crippen LogP contribution in [0.1, 0.15) is 31.4 Å². The molecule has 0 unspecified atom stereocenters. The summed E-state index contributed by atoms with van der Waals surface area (Å²) in [5, 5.41) is 5.41. The molecule has 3 aliphatic heterocycles. The third-order valence-corrected chi connectivity index (χ3v) is 4.64. The van der Waals surface area contributed by atoms with Crippen LogP contribution in [0.4, 0.5) is 4.79 Å². The van der Waals surface area contributed by atoms with Crippen LogP contribution in [0.2, 0.25) is 0 Å². The summed E-state index contributed by atoms with van der Waals surface area (Å²) in [5.41, 5.74) is 1.54. The van der Waals surface area contributed by atoms with Gasteiger partial charge in [-0.25, -0.2) is 9.59 Å². The highest BCUT2D eigenvalue weighted by atomic mass is 16.7. The molecule has 8 heteroatoms. The van der Waals surface area contributed by atoms with Gasteiger partial charge < -0.3 is 29.6 Å². The molecule has 26 heavy (non-hydrogen) atoms. The Morgan fingerprint density at radius 1 is 1.31 bits per heavy atom. The number of carbonyl (C=O) groups is 2. The summed E-state index contributed by atoms with van der Waals surface area (Å²) in [5.74, 6) is 0.741. The number of nitrogens with one attached hydrogen (secondary N) is 2. The summed E-state index contributed by atoms with van der Waals surface area (Å²) in [6, 6.07) is 4.32. The molecule has 0 radical (unpaired) electrons. The van der Waals surface area contributed by atoms with Gasteiger partial charge in [-0.05, 0) is 37.5 Å². The Bertz CT molecular complexity index is 769. The Labute approximate surface area is 150 Å². The fourth-order valence-electron chi connectivity index (χ4n) is 3.33. The average Bonchev–Trinajstić information content (AvgIpc) is 3.29. The largest absolute Gasteiger partial charge is 0.459 e. The number of rotatable bonds is 4. The summed E-state index contributed by atoms with van der Waals surface area (Å²) in [7, 11) is 0. The Balaban J connectivity index is 1.57. The van der Waals surface area contributed by atoms with Crippen molar-refractivity contribution in [3.63, 3.8) is 0 Å². The zero-order valence-electron chi connectivity index (χ0n) is 14.4. The van der Waals surface area contributed by atoms with Crippen molar-refractivity contribution < 1.29 is 28.5 Å². The van der Waals surface area contributed by atoms with Crippen LogP contribution in [0.25, 0.3) is 0 Å². The van der Waals surface area contributed by atoms with E-state index in [-0.39, 0.29) is 25.5 Å². The van der Waals surface area contributed by atoms with Crippen LogP contribution in [0.15, 0.2) is 29.5 Å². The lowest BCUT2D eigenvalue weighted by Gasteiger charge is -2.28. The first kappa shape index (κ1) is 16.7. The maximum atomic E-state index is 12.7. The second kappa shape index (κ2) is 6.87.